The minimum absolute atomic E-state index is 0.686. The lowest BCUT2D eigenvalue weighted by atomic mass is 9.81. The zero-order valence-corrected chi connectivity index (χ0v) is 10.6. The van der Waals surface area contributed by atoms with Gasteiger partial charge in [-0.3, -0.25) is 4.90 Å². The minimum Gasteiger partial charge on any atom is -0.295 e. The van der Waals surface area contributed by atoms with Gasteiger partial charge in [-0.2, -0.15) is 0 Å². The van der Waals surface area contributed by atoms with Crippen LogP contribution in [-0.2, 0) is 0 Å². The van der Waals surface area contributed by atoms with Crippen LogP contribution >= 0.6 is 0 Å². The van der Waals surface area contributed by atoms with Gasteiger partial charge in [0, 0.05) is 18.1 Å². The molecule has 1 atom stereocenters. The van der Waals surface area contributed by atoms with Crippen molar-refractivity contribution in [3.8, 4) is 0 Å². The molecule has 2 rings (SSSR count). The minimum atomic E-state index is 0.686. The number of hydrogen-bond acceptors (Lipinski definition) is 1. The number of rotatable bonds is 5. The number of hydrogen-bond donors (Lipinski definition) is 0. The average molecular weight is 209 g/mol. The molecule has 2 aliphatic rings. The van der Waals surface area contributed by atoms with Crippen molar-refractivity contribution < 1.29 is 0 Å². The van der Waals surface area contributed by atoms with Crippen LogP contribution in [0.15, 0.2) is 0 Å². The molecule has 1 spiro atoms. The van der Waals surface area contributed by atoms with E-state index in [2.05, 4.69) is 18.7 Å². The maximum absolute atomic E-state index is 2.83. The molecule has 0 aromatic heterocycles. The summed E-state index contributed by atoms with van der Waals surface area (Å²) >= 11 is 0. The molecule has 1 saturated heterocycles. The molecule has 0 bridgehead atoms. The quantitative estimate of drug-likeness (QED) is 0.619. The predicted octanol–water partition coefficient (Wildman–Crippen LogP) is 3.97. The maximum atomic E-state index is 2.83. The summed E-state index contributed by atoms with van der Waals surface area (Å²) < 4.78 is 0. The van der Waals surface area contributed by atoms with Gasteiger partial charge in [0.1, 0.15) is 0 Å². The van der Waals surface area contributed by atoms with Gasteiger partial charge in [-0.1, -0.05) is 39.0 Å². The van der Waals surface area contributed by atoms with E-state index in [0.29, 0.717) is 5.54 Å². The van der Waals surface area contributed by atoms with Crippen LogP contribution in [0.4, 0.5) is 0 Å². The van der Waals surface area contributed by atoms with Crippen LogP contribution < -0.4 is 0 Å². The van der Waals surface area contributed by atoms with E-state index in [9.17, 15) is 0 Å². The highest BCUT2D eigenvalue weighted by molar-refractivity contribution is 5.04. The molecule has 1 heterocycles. The third-order valence-corrected chi connectivity index (χ3v) is 4.72. The third kappa shape index (κ3) is 2.22. The fourth-order valence-corrected chi connectivity index (χ4v) is 3.66. The van der Waals surface area contributed by atoms with Crippen LogP contribution in [0.2, 0.25) is 0 Å². The van der Waals surface area contributed by atoms with Crippen molar-refractivity contribution in [2.24, 2.45) is 0 Å². The Bertz CT molecular complexity index is 194. The van der Waals surface area contributed by atoms with Gasteiger partial charge in [0.2, 0.25) is 0 Å². The second-order valence-corrected chi connectivity index (χ2v) is 5.72. The Labute approximate surface area is 95.2 Å². The van der Waals surface area contributed by atoms with Gasteiger partial charge < -0.3 is 0 Å². The Balaban J connectivity index is 1.77. The molecule has 1 aliphatic carbocycles. The highest BCUT2D eigenvalue weighted by Gasteiger charge is 2.47. The first-order valence-corrected chi connectivity index (χ1v) is 7.05. The van der Waals surface area contributed by atoms with Crippen molar-refractivity contribution >= 4 is 0 Å². The summed E-state index contributed by atoms with van der Waals surface area (Å²) in [5, 5.41) is 0. The molecular formula is C14H27N. The van der Waals surface area contributed by atoms with Crippen LogP contribution in [0.25, 0.3) is 0 Å². The first kappa shape index (κ1) is 11.4. The molecule has 0 amide bonds. The lowest BCUT2D eigenvalue weighted by Crippen LogP contribution is -2.61. The summed E-state index contributed by atoms with van der Waals surface area (Å²) in [4.78, 5) is 2.83. The molecule has 88 valence electrons. The lowest BCUT2D eigenvalue weighted by Gasteiger charge is -2.54. The van der Waals surface area contributed by atoms with Crippen LogP contribution in [0.5, 0.6) is 0 Å². The molecular weight excluding hydrogens is 182 g/mol. The van der Waals surface area contributed by atoms with E-state index in [4.69, 9.17) is 0 Å². The first-order chi connectivity index (χ1) is 7.28. The van der Waals surface area contributed by atoms with Gasteiger partial charge in [0.05, 0.1) is 0 Å². The van der Waals surface area contributed by atoms with Crippen molar-refractivity contribution in [2.45, 2.75) is 83.2 Å². The van der Waals surface area contributed by atoms with E-state index in [1.54, 1.807) is 0 Å². The highest BCUT2D eigenvalue weighted by atomic mass is 15.3. The van der Waals surface area contributed by atoms with Crippen LogP contribution in [-0.4, -0.2) is 23.0 Å². The summed E-state index contributed by atoms with van der Waals surface area (Å²) in [6.07, 6.45) is 13.1. The van der Waals surface area contributed by atoms with Crippen molar-refractivity contribution in [1.82, 2.24) is 4.90 Å². The fourth-order valence-electron chi connectivity index (χ4n) is 3.66. The zero-order chi connectivity index (χ0) is 10.7. The van der Waals surface area contributed by atoms with E-state index >= 15 is 0 Å². The smallest absolute Gasteiger partial charge is 0.0224 e. The zero-order valence-electron chi connectivity index (χ0n) is 10.6. The molecule has 1 nitrogen and oxygen atoms in total. The van der Waals surface area contributed by atoms with Gasteiger partial charge in [-0.05, 0) is 32.6 Å². The van der Waals surface area contributed by atoms with Crippen LogP contribution in [0, 0.1) is 0 Å². The summed E-state index contributed by atoms with van der Waals surface area (Å²) in [6, 6.07) is 0.850. The van der Waals surface area contributed by atoms with Gasteiger partial charge >= 0.3 is 0 Å². The molecule has 1 aliphatic heterocycles. The van der Waals surface area contributed by atoms with Crippen molar-refractivity contribution in [1.29, 1.82) is 0 Å². The van der Waals surface area contributed by atoms with Gasteiger partial charge in [-0.15, -0.1) is 0 Å². The number of unbranched alkanes of at least 4 members (excludes halogenated alkanes) is 2. The molecule has 1 heteroatoms. The molecule has 1 unspecified atom stereocenters. The van der Waals surface area contributed by atoms with Gasteiger partial charge in [0.15, 0.2) is 0 Å². The monoisotopic (exact) mass is 209 g/mol. The average Bonchev–Trinajstić information content (AvgIpc) is 2.67. The van der Waals surface area contributed by atoms with Crippen LogP contribution in [0.3, 0.4) is 0 Å². The first-order valence-electron chi connectivity index (χ1n) is 7.05. The fraction of sp³-hybridized carbons (Fsp3) is 1.00. The van der Waals surface area contributed by atoms with E-state index in [1.807, 2.05) is 0 Å². The summed E-state index contributed by atoms with van der Waals surface area (Å²) in [7, 11) is 0. The van der Waals surface area contributed by atoms with E-state index in [-0.39, 0.29) is 0 Å². The van der Waals surface area contributed by atoms with E-state index < -0.39 is 0 Å². The molecule has 0 N–H and O–H groups in total. The van der Waals surface area contributed by atoms with Crippen molar-refractivity contribution in [2.75, 3.05) is 6.54 Å². The predicted molar refractivity (Wildman–Crippen MR) is 66.1 cm³/mol. The lowest BCUT2D eigenvalue weighted by molar-refractivity contribution is -0.0434. The van der Waals surface area contributed by atoms with E-state index in [1.165, 1.54) is 64.3 Å². The molecule has 0 aromatic carbocycles. The number of likely N-dealkylation sites (tertiary alicyclic amines) is 1. The van der Waals surface area contributed by atoms with Gasteiger partial charge in [-0.25, -0.2) is 0 Å². The van der Waals surface area contributed by atoms with Crippen LogP contribution in [0.1, 0.15) is 71.6 Å². The topological polar surface area (TPSA) is 3.24 Å². The second kappa shape index (κ2) is 4.86. The molecule has 2 fully saturated rings. The normalized spacial score (nSPS) is 26.8. The number of nitrogens with zero attached hydrogens (tertiary/aromatic N) is 1. The largest absolute Gasteiger partial charge is 0.295 e. The van der Waals surface area contributed by atoms with Crippen molar-refractivity contribution in [3.63, 3.8) is 0 Å². The Morgan fingerprint density at radius 2 is 1.87 bits per heavy atom. The van der Waals surface area contributed by atoms with Gasteiger partial charge in [0.25, 0.3) is 0 Å². The highest BCUT2D eigenvalue weighted by Crippen LogP contribution is 2.46. The third-order valence-electron chi connectivity index (χ3n) is 4.72. The van der Waals surface area contributed by atoms with E-state index in [0.717, 1.165) is 6.04 Å². The van der Waals surface area contributed by atoms with Crippen molar-refractivity contribution in [3.05, 3.63) is 0 Å². The Morgan fingerprint density at radius 3 is 2.40 bits per heavy atom. The SMILES string of the molecule is CCCCCC(C)N1CCC12CCCC2. The molecule has 1 saturated carbocycles. The summed E-state index contributed by atoms with van der Waals surface area (Å²) in [5.74, 6) is 0. The summed E-state index contributed by atoms with van der Waals surface area (Å²) in [5.41, 5.74) is 0.686. The standard InChI is InChI=1S/C14H27N/c1-3-4-5-8-13(2)15-12-11-14(15)9-6-7-10-14/h13H,3-12H2,1-2H3. The Hall–Kier alpha value is -0.0400. The molecule has 15 heavy (non-hydrogen) atoms. The second-order valence-electron chi connectivity index (χ2n) is 5.72. The maximum Gasteiger partial charge on any atom is 0.0224 e. The summed E-state index contributed by atoms with van der Waals surface area (Å²) in [6.45, 7) is 6.13. The molecule has 0 aromatic rings. The molecule has 0 radical (unpaired) electrons. The Morgan fingerprint density at radius 1 is 1.13 bits per heavy atom. The Kier molecular flexibility index (Phi) is 3.71.